The molecule has 1 saturated heterocycles. The van der Waals surface area contributed by atoms with Crippen LogP contribution in [0.3, 0.4) is 0 Å². The van der Waals surface area contributed by atoms with E-state index in [1.54, 1.807) is 19.3 Å². The number of piperazine rings is 1. The summed E-state index contributed by atoms with van der Waals surface area (Å²) < 4.78 is 0. The Bertz CT molecular complexity index is 833. The lowest BCUT2D eigenvalue weighted by atomic mass is 9.87. The minimum Gasteiger partial charge on any atom is -0.339 e. The van der Waals surface area contributed by atoms with E-state index in [0.29, 0.717) is 37.7 Å². The molecule has 1 fully saturated rings. The summed E-state index contributed by atoms with van der Waals surface area (Å²) in [7, 11) is 0. The van der Waals surface area contributed by atoms with Gasteiger partial charge in [0.25, 0.3) is 5.91 Å². The average Bonchev–Trinajstić information content (AvgIpc) is 2.68. The second-order valence-corrected chi connectivity index (χ2v) is 8.05. The Morgan fingerprint density at radius 2 is 1.54 bits per heavy atom. The summed E-state index contributed by atoms with van der Waals surface area (Å²) in [5.74, 6) is 0.425. The summed E-state index contributed by atoms with van der Waals surface area (Å²) in [6.45, 7) is 10.7. The van der Waals surface area contributed by atoms with E-state index in [0.717, 1.165) is 5.69 Å². The zero-order chi connectivity index (χ0) is 20.3. The van der Waals surface area contributed by atoms with Crippen LogP contribution in [0.15, 0.2) is 36.7 Å². The fourth-order valence-electron chi connectivity index (χ4n) is 3.08. The maximum Gasteiger partial charge on any atom is 0.258 e. The van der Waals surface area contributed by atoms with E-state index in [4.69, 9.17) is 0 Å². The summed E-state index contributed by atoms with van der Waals surface area (Å²) in [6, 6.07) is 7.86. The van der Waals surface area contributed by atoms with Crippen molar-refractivity contribution in [3.05, 3.63) is 47.8 Å². The average molecular weight is 381 g/mol. The maximum absolute atomic E-state index is 12.5. The van der Waals surface area contributed by atoms with Gasteiger partial charge < -0.3 is 15.1 Å². The van der Waals surface area contributed by atoms with Crippen molar-refractivity contribution in [2.75, 3.05) is 36.4 Å². The summed E-state index contributed by atoms with van der Waals surface area (Å²) in [4.78, 5) is 36.4. The highest BCUT2D eigenvalue weighted by Crippen LogP contribution is 2.23. The van der Waals surface area contributed by atoms with Crippen molar-refractivity contribution in [3.8, 4) is 0 Å². The summed E-state index contributed by atoms with van der Waals surface area (Å²) in [6.07, 6.45) is 3.08. The molecule has 2 heterocycles. The molecule has 2 amide bonds. The highest BCUT2D eigenvalue weighted by atomic mass is 16.2. The van der Waals surface area contributed by atoms with Crippen LogP contribution in [0.5, 0.6) is 0 Å². The van der Waals surface area contributed by atoms with E-state index in [9.17, 15) is 9.59 Å². The molecule has 0 radical (unpaired) electrons. The molecular formula is C21H27N5O2. The van der Waals surface area contributed by atoms with Gasteiger partial charge in [-0.05, 0) is 23.1 Å². The molecule has 148 valence electrons. The fourth-order valence-corrected chi connectivity index (χ4v) is 3.08. The van der Waals surface area contributed by atoms with Crippen LogP contribution >= 0.6 is 0 Å². The molecule has 0 bridgehead atoms. The Hall–Kier alpha value is -2.96. The minimum absolute atomic E-state index is 0.0715. The Morgan fingerprint density at radius 1 is 0.964 bits per heavy atom. The van der Waals surface area contributed by atoms with Gasteiger partial charge in [-0.2, -0.15) is 0 Å². The highest BCUT2D eigenvalue weighted by molar-refractivity contribution is 6.03. The lowest BCUT2D eigenvalue weighted by Gasteiger charge is -2.34. The Labute approximate surface area is 165 Å². The molecule has 1 aliphatic rings. The number of amides is 2. The largest absolute Gasteiger partial charge is 0.339 e. The van der Waals surface area contributed by atoms with Crippen LogP contribution in [0.4, 0.5) is 11.6 Å². The van der Waals surface area contributed by atoms with E-state index in [1.165, 1.54) is 5.56 Å². The normalized spacial score (nSPS) is 14.7. The third-order valence-corrected chi connectivity index (χ3v) is 4.92. The van der Waals surface area contributed by atoms with Crippen LogP contribution in [0.2, 0.25) is 0 Å². The van der Waals surface area contributed by atoms with Crippen molar-refractivity contribution < 1.29 is 9.59 Å². The smallest absolute Gasteiger partial charge is 0.258 e. The number of carbonyl (C=O) groups is 2. The first kappa shape index (κ1) is 19.8. The van der Waals surface area contributed by atoms with E-state index in [1.807, 2.05) is 34.1 Å². The Balaban J connectivity index is 1.60. The van der Waals surface area contributed by atoms with E-state index in [2.05, 4.69) is 36.1 Å². The van der Waals surface area contributed by atoms with Gasteiger partial charge in [-0.25, -0.2) is 9.97 Å². The zero-order valence-electron chi connectivity index (χ0n) is 16.9. The first-order valence-corrected chi connectivity index (χ1v) is 9.48. The summed E-state index contributed by atoms with van der Waals surface area (Å²) in [5, 5.41) is 2.88. The van der Waals surface area contributed by atoms with E-state index >= 15 is 0 Å². The predicted molar refractivity (Wildman–Crippen MR) is 110 cm³/mol. The van der Waals surface area contributed by atoms with Crippen molar-refractivity contribution >= 4 is 23.5 Å². The van der Waals surface area contributed by atoms with Crippen molar-refractivity contribution in [2.24, 2.45) is 0 Å². The number of nitrogens with one attached hydrogen (secondary N) is 1. The molecule has 1 aromatic carbocycles. The Morgan fingerprint density at radius 3 is 2.04 bits per heavy atom. The van der Waals surface area contributed by atoms with Gasteiger partial charge in [0, 0.05) is 51.2 Å². The van der Waals surface area contributed by atoms with Crippen LogP contribution in [-0.2, 0) is 10.2 Å². The molecule has 1 aliphatic heterocycles. The van der Waals surface area contributed by atoms with Crippen LogP contribution in [0.1, 0.15) is 43.6 Å². The zero-order valence-corrected chi connectivity index (χ0v) is 16.9. The molecule has 7 heteroatoms. The van der Waals surface area contributed by atoms with E-state index in [-0.39, 0.29) is 17.2 Å². The molecule has 7 nitrogen and oxygen atoms in total. The summed E-state index contributed by atoms with van der Waals surface area (Å²) >= 11 is 0. The lowest BCUT2D eigenvalue weighted by molar-refractivity contribution is -0.129. The molecule has 0 saturated carbocycles. The molecule has 1 N–H and O–H groups in total. The second kappa shape index (κ2) is 7.96. The van der Waals surface area contributed by atoms with Gasteiger partial charge in [0.05, 0.1) is 5.56 Å². The first-order chi connectivity index (χ1) is 13.2. The monoisotopic (exact) mass is 381 g/mol. The number of benzene rings is 1. The van der Waals surface area contributed by atoms with Gasteiger partial charge >= 0.3 is 0 Å². The topological polar surface area (TPSA) is 78.4 Å². The minimum atomic E-state index is -0.239. The van der Waals surface area contributed by atoms with Crippen molar-refractivity contribution in [2.45, 2.75) is 33.1 Å². The van der Waals surface area contributed by atoms with Gasteiger partial charge in [-0.3, -0.25) is 9.59 Å². The number of nitrogens with zero attached hydrogens (tertiary/aromatic N) is 4. The van der Waals surface area contributed by atoms with E-state index < -0.39 is 0 Å². The predicted octanol–water partition coefficient (Wildman–Crippen LogP) is 2.69. The number of anilines is 2. The van der Waals surface area contributed by atoms with Crippen molar-refractivity contribution in [1.29, 1.82) is 0 Å². The molecule has 0 unspecified atom stereocenters. The quantitative estimate of drug-likeness (QED) is 0.884. The Kier molecular flexibility index (Phi) is 5.63. The molecule has 0 atom stereocenters. The molecule has 28 heavy (non-hydrogen) atoms. The molecule has 1 aromatic heterocycles. The van der Waals surface area contributed by atoms with Crippen LogP contribution in [0.25, 0.3) is 0 Å². The van der Waals surface area contributed by atoms with Gasteiger partial charge in [0.2, 0.25) is 11.9 Å². The molecule has 2 aromatic rings. The number of aromatic nitrogens is 2. The molecule has 3 rings (SSSR count). The van der Waals surface area contributed by atoms with Crippen molar-refractivity contribution in [1.82, 2.24) is 14.9 Å². The lowest BCUT2D eigenvalue weighted by Crippen LogP contribution is -2.48. The van der Waals surface area contributed by atoms with Gasteiger partial charge in [-0.15, -0.1) is 0 Å². The fraction of sp³-hybridized carbons (Fsp3) is 0.429. The molecular weight excluding hydrogens is 354 g/mol. The third kappa shape index (κ3) is 4.65. The number of carbonyl (C=O) groups excluding carboxylic acids is 2. The maximum atomic E-state index is 12.5. The number of hydrogen-bond donors (Lipinski definition) is 1. The van der Waals surface area contributed by atoms with Gasteiger partial charge in [0.1, 0.15) is 0 Å². The number of hydrogen-bond acceptors (Lipinski definition) is 5. The van der Waals surface area contributed by atoms with Gasteiger partial charge in [0.15, 0.2) is 0 Å². The highest BCUT2D eigenvalue weighted by Gasteiger charge is 2.20. The van der Waals surface area contributed by atoms with Crippen LogP contribution in [-0.4, -0.2) is 52.9 Å². The first-order valence-electron chi connectivity index (χ1n) is 9.48. The summed E-state index contributed by atoms with van der Waals surface area (Å²) in [5.41, 5.74) is 2.43. The van der Waals surface area contributed by atoms with Crippen LogP contribution < -0.4 is 10.2 Å². The second-order valence-electron chi connectivity index (χ2n) is 8.05. The van der Waals surface area contributed by atoms with Gasteiger partial charge in [-0.1, -0.05) is 32.9 Å². The van der Waals surface area contributed by atoms with Crippen molar-refractivity contribution in [3.63, 3.8) is 0 Å². The standard InChI is InChI=1S/C21H27N5O2/c1-15(27)25-9-11-26(12-10-25)20-22-13-16(14-23-20)19(28)24-18-7-5-17(6-8-18)21(2,3)4/h5-8,13-14H,9-12H2,1-4H3,(H,24,28). The molecule has 0 spiro atoms. The molecule has 0 aliphatic carbocycles. The SMILES string of the molecule is CC(=O)N1CCN(c2ncc(C(=O)Nc3ccc(C(C)(C)C)cc3)cn2)CC1. The van der Waals surface area contributed by atoms with Crippen LogP contribution in [0, 0.1) is 0 Å². The number of rotatable bonds is 3. The third-order valence-electron chi connectivity index (χ3n) is 4.92.